The summed E-state index contributed by atoms with van der Waals surface area (Å²) in [6.07, 6.45) is 4.49. The Balaban J connectivity index is 1.72. The lowest BCUT2D eigenvalue weighted by Gasteiger charge is -2.08. The van der Waals surface area contributed by atoms with E-state index >= 15 is 0 Å². The summed E-state index contributed by atoms with van der Waals surface area (Å²) in [5.41, 5.74) is 2.12. The van der Waals surface area contributed by atoms with Gasteiger partial charge in [0.05, 0.1) is 19.5 Å². The predicted octanol–water partition coefficient (Wildman–Crippen LogP) is 1.28. The summed E-state index contributed by atoms with van der Waals surface area (Å²) < 4.78 is 12.4. The number of nitrogens with one attached hydrogen (secondary N) is 1. The van der Waals surface area contributed by atoms with E-state index in [1.165, 1.54) is 13.2 Å². The van der Waals surface area contributed by atoms with Crippen LogP contribution in [0.1, 0.15) is 11.3 Å². The summed E-state index contributed by atoms with van der Waals surface area (Å²) in [6, 6.07) is 8.35. The van der Waals surface area contributed by atoms with Crippen LogP contribution in [0.5, 0.6) is 0 Å². The number of hydrogen-bond acceptors (Lipinski definition) is 7. The molecule has 0 atom stereocenters. The molecule has 2 heterocycles. The van der Waals surface area contributed by atoms with E-state index in [2.05, 4.69) is 20.3 Å². The number of amides is 1. The van der Waals surface area contributed by atoms with Crippen molar-refractivity contribution in [1.29, 1.82) is 0 Å². The Bertz CT molecular complexity index is 1090. The van der Waals surface area contributed by atoms with Gasteiger partial charge in [0.2, 0.25) is 5.43 Å². The van der Waals surface area contributed by atoms with E-state index in [4.69, 9.17) is 4.74 Å². The summed E-state index contributed by atoms with van der Waals surface area (Å²) in [7, 11) is 2.99. The number of aryl methyl sites for hydroxylation is 1. The van der Waals surface area contributed by atoms with Gasteiger partial charge < -0.3 is 9.47 Å². The fourth-order valence-electron chi connectivity index (χ4n) is 2.53. The van der Waals surface area contributed by atoms with E-state index in [-0.39, 0.29) is 11.8 Å². The smallest absolute Gasteiger partial charge is 0.412 e. The molecule has 0 bridgehead atoms. The van der Waals surface area contributed by atoms with E-state index in [1.54, 1.807) is 53.2 Å². The number of carbonyl (C=O) groups excluding carboxylic acids is 2. The molecular formula is C19H19N5O5. The van der Waals surface area contributed by atoms with E-state index in [1.807, 2.05) is 6.07 Å². The van der Waals surface area contributed by atoms with Gasteiger partial charge in [-0.05, 0) is 17.7 Å². The Morgan fingerprint density at radius 2 is 2.07 bits per heavy atom. The van der Waals surface area contributed by atoms with Gasteiger partial charge in [0.1, 0.15) is 11.4 Å². The second-order valence-corrected chi connectivity index (χ2v) is 6.10. The minimum Gasteiger partial charge on any atom is -0.466 e. The van der Waals surface area contributed by atoms with Crippen LogP contribution in [0.4, 0.5) is 10.5 Å². The number of esters is 1. The largest absolute Gasteiger partial charge is 0.466 e. The quantitative estimate of drug-likeness (QED) is 0.623. The molecule has 3 rings (SSSR count). The van der Waals surface area contributed by atoms with Crippen molar-refractivity contribution in [1.82, 2.24) is 19.6 Å². The maximum absolute atomic E-state index is 12.2. The molecular weight excluding hydrogens is 378 g/mol. The van der Waals surface area contributed by atoms with Crippen molar-refractivity contribution in [2.45, 2.75) is 6.42 Å². The van der Waals surface area contributed by atoms with Crippen LogP contribution < -0.4 is 10.7 Å². The molecule has 1 N–H and O–H groups in total. The van der Waals surface area contributed by atoms with Gasteiger partial charge in [-0.25, -0.2) is 14.3 Å². The summed E-state index contributed by atoms with van der Waals surface area (Å²) in [4.78, 5) is 35.0. The number of nitrogens with zero attached hydrogens (tertiary/aromatic N) is 4. The van der Waals surface area contributed by atoms with Crippen LogP contribution >= 0.6 is 0 Å². The zero-order chi connectivity index (χ0) is 20.8. The Morgan fingerprint density at radius 3 is 2.79 bits per heavy atom. The van der Waals surface area contributed by atoms with Gasteiger partial charge >= 0.3 is 12.1 Å². The topological polar surface area (TPSA) is 117 Å². The summed E-state index contributed by atoms with van der Waals surface area (Å²) in [6.45, 7) is -0.482. The number of aromatic nitrogens is 4. The highest BCUT2D eigenvalue weighted by Crippen LogP contribution is 2.13. The second kappa shape index (κ2) is 8.83. The van der Waals surface area contributed by atoms with Gasteiger partial charge in [-0.2, -0.15) is 10.2 Å². The monoisotopic (exact) mass is 397 g/mol. The van der Waals surface area contributed by atoms with E-state index in [9.17, 15) is 14.4 Å². The maximum atomic E-state index is 12.2. The van der Waals surface area contributed by atoms with Crippen molar-refractivity contribution in [3.8, 4) is 5.69 Å². The third kappa shape index (κ3) is 5.28. The normalized spacial score (nSPS) is 10.4. The second-order valence-electron chi connectivity index (χ2n) is 6.10. The molecule has 3 aromatic rings. The van der Waals surface area contributed by atoms with Crippen LogP contribution in [-0.4, -0.2) is 45.3 Å². The Labute approximate surface area is 165 Å². The number of ether oxygens (including phenoxy) is 2. The minimum atomic E-state index is -0.788. The molecule has 2 aromatic heterocycles. The Kier molecular flexibility index (Phi) is 6.03. The molecule has 0 aliphatic carbocycles. The lowest BCUT2D eigenvalue weighted by Crippen LogP contribution is -2.19. The average Bonchev–Trinajstić information content (AvgIpc) is 3.14. The SMILES string of the molecule is COC(=O)COC(=O)Nc1cccc(Cc2nn(-c3cnn(C)c3)ccc2=O)c1. The molecule has 0 saturated carbocycles. The molecule has 29 heavy (non-hydrogen) atoms. The van der Waals surface area contributed by atoms with Crippen molar-refractivity contribution in [3.63, 3.8) is 0 Å². The Morgan fingerprint density at radius 1 is 1.24 bits per heavy atom. The van der Waals surface area contributed by atoms with Crippen molar-refractivity contribution in [3.05, 3.63) is 70.4 Å². The fourth-order valence-corrected chi connectivity index (χ4v) is 2.53. The third-order valence-electron chi connectivity index (χ3n) is 3.93. The zero-order valence-electron chi connectivity index (χ0n) is 15.9. The molecule has 0 fully saturated rings. The van der Waals surface area contributed by atoms with Gasteiger partial charge in [-0.1, -0.05) is 12.1 Å². The van der Waals surface area contributed by atoms with Crippen LogP contribution in [0.25, 0.3) is 5.69 Å². The lowest BCUT2D eigenvalue weighted by atomic mass is 10.1. The number of anilines is 1. The summed E-state index contributed by atoms with van der Waals surface area (Å²) in [5, 5.41) is 11.0. The first-order valence-corrected chi connectivity index (χ1v) is 8.62. The molecule has 10 heteroatoms. The minimum absolute atomic E-state index is 0.194. The molecule has 10 nitrogen and oxygen atoms in total. The van der Waals surface area contributed by atoms with Gasteiger partial charge in [0.25, 0.3) is 0 Å². The first kappa shape index (κ1) is 19.8. The molecule has 1 aromatic carbocycles. The highest BCUT2D eigenvalue weighted by molar-refractivity contribution is 5.86. The average molecular weight is 397 g/mol. The molecule has 0 unspecified atom stereocenters. The van der Waals surface area contributed by atoms with Crippen molar-refractivity contribution < 1.29 is 19.1 Å². The number of rotatable bonds is 6. The zero-order valence-corrected chi connectivity index (χ0v) is 15.9. The van der Waals surface area contributed by atoms with Crippen LogP contribution in [0.3, 0.4) is 0 Å². The fraction of sp³-hybridized carbons (Fsp3) is 0.211. The van der Waals surface area contributed by atoms with Crippen LogP contribution in [-0.2, 0) is 27.7 Å². The third-order valence-corrected chi connectivity index (χ3v) is 3.93. The van der Waals surface area contributed by atoms with E-state index in [0.717, 1.165) is 11.3 Å². The van der Waals surface area contributed by atoms with Crippen molar-refractivity contribution >= 4 is 17.7 Å². The van der Waals surface area contributed by atoms with Crippen molar-refractivity contribution in [2.75, 3.05) is 19.0 Å². The van der Waals surface area contributed by atoms with Crippen LogP contribution in [0.15, 0.2) is 53.7 Å². The molecule has 0 aliphatic rings. The number of methoxy groups -OCH3 is 1. The molecule has 150 valence electrons. The molecule has 0 aliphatic heterocycles. The van der Waals surface area contributed by atoms with Crippen molar-refractivity contribution in [2.24, 2.45) is 7.05 Å². The van der Waals surface area contributed by atoms with Gasteiger partial charge in [-0.3, -0.25) is 14.8 Å². The standard InChI is InChI=1S/C19H19N5O5/c1-23-11-15(10-20-23)24-7-6-17(25)16(22-24)9-13-4-3-5-14(8-13)21-19(27)29-12-18(26)28-2/h3-8,10-11H,9,12H2,1-2H3,(H,21,27). The number of hydrogen-bond donors (Lipinski definition) is 1. The van der Waals surface area contributed by atoms with E-state index in [0.29, 0.717) is 11.4 Å². The summed E-state index contributed by atoms with van der Waals surface area (Å²) >= 11 is 0. The predicted molar refractivity (Wildman–Crippen MR) is 103 cm³/mol. The van der Waals surface area contributed by atoms with Gasteiger partial charge in [-0.15, -0.1) is 0 Å². The molecule has 0 radical (unpaired) electrons. The number of benzene rings is 1. The molecule has 1 amide bonds. The lowest BCUT2D eigenvalue weighted by molar-refractivity contribution is -0.143. The first-order chi connectivity index (χ1) is 13.9. The highest BCUT2D eigenvalue weighted by Gasteiger charge is 2.10. The summed E-state index contributed by atoms with van der Waals surface area (Å²) in [5.74, 6) is -0.658. The van der Waals surface area contributed by atoms with Gasteiger partial charge in [0, 0.05) is 31.4 Å². The van der Waals surface area contributed by atoms with E-state index < -0.39 is 18.7 Å². The maximum Gasteiger partial charge on any atom is 0.412 e. The molecule has 0 saturated heterocycles. The Hall–Kier alpha value is -3.95. The molecule has 0 spiro atoms. The van der Waals surface area contributed by atoms with Gasteiger partial charge in [0.15, 0.2) is 6.61 Å². The van der Waals surface area contributed by atoms with Crippen LogP contribution in [0.2, 0.25) is 0 Å². The number of carbonyl (C=O) groups is 2. The van der Waals surface area contributed by atoms with Crippen LogP contribution in [0, 0.1) is 0 Å². The first-order valence-electron chi connectivity index (χ1n) is 8.62. The highest BCUT2D eigenvalue weighted by atomic mass is 16.6.